The molecule has 2 rings (SSSR count). The molecule has 0 heterocycles. The number of rotatable bonds is 4. The summed E-state index contributed by atoms with van der Waals surface area (Å²) in [5.41, 5.74) is 7.82. The Kier molecular flexibility index (Phi) is 4.51. The topological polar surface area (TPSA) is 35.2 Å². The van der Waals surface area contributed by atoms with Crippen LogP contribution in [0.1, 0.15) is 52.0 Å². The molecule has 1 aromatic carbocycles. The Bertz CT molecular complexity index is 400. The Morgan fingerprint density at radius 3 is 2.53 bits per heavy atom. The second kappa shape index (κ2) is 5.96. The third kappa shape index (κ3) is 3.11. The highest BCUT2D eigenvalue weighted by atomic mass is 16.5. The van der Waals surface area contributed by atoms with Crippen LogP contribution >= 0.6 is 0 Å². The zero-order valence-corrected chi connectivity index (χ0v) is 12.5. The van der Waals surface area contributed by atoms with Gasteiger partial charge in [-0.2, -0.15) is 0 Å². The second-order valence-electron chi connectivity index (χ2n) is 6.20. The van der Waals surface area contributed by atoms with Crippen molar-refractivity contribution in [2.45, 2.75) is 52.0 Å². The van der Waals surface area contributed by atoms with Crippen molar-refractivity contribution in [3.8, 4) is 5.75 Å². The molecule has 19 heavy (non-hydrogen) atoms. The molecule has 0 saturated heterocycles. The first-order valence-electron chi connectivity index (χ1n) is 7.58. The van der Waals surface area contributed by atoms with Gasteiger partial charge in [0.05, 0.1) is 6.61 Å². The molecule has 1 saturated carbocycles. The highest BCUT2D eigenvalue weighted by Crippen LogP contribution is 2.42. The Balaban J connectivity index is 2.15. The lowest BCUT2D eigenvalue weighted by molar-refractivity contribution is 0.162. The first kappa shape index (κ1) is 14.4. The molecule has 0 radical (unpaired) electrons. The molecular formula is C17H27NO. The Morgan fingerprint density at radius 2 is 1.89 bits per heavy atom. The van der Waals surface area contributed by atoms with Gasteiger partial charge in [0.2, 0.25) is 0 Å². The van der Waals surface area contributed by atoms with Crippen LogP contribution in [0, 0.1) is 11.8 Å². The van der Waals surface area contributed by atoms with Crippen LogP contribution in [-0.2, 0) is 5.54 Å². The molecule has 0 aliphatic heterocycles. The fourth-order valence-corrected chi connectivity index (χ4v) is 3.16. The largest absolute Gasteiger partial charge is 0.494 e. The lowest BCUT2D eigenvalue weighted by Gasteiger charge is -2.42. The minimum atomic E-state index is -0.166. The minimum Gasteiger partial charge on any atom is -0.494 e. The van der Waals surface area contributed by atoms with E-state index in [1.165, 1.54) is 18.4 Å². The van der Waals surface area contributed by atoms with E-state index in [1.807, 2.05) is 0 Å². The van der Waals surface area contributed by atoms with Crippen molar-refractivity contribution < 1.29 is 4.74 Å². The van der Waals surface area contributed by atoms with E-state index >= 15 is 0 Å². The molecule has 0 spiro atoms. The van der Waals surface area contributed by atoms with E-state index < -0.39 is 0 Å². The van der Waals surface area contributed by atoms with Crippen LogP contribution in [0.15, 0.2) is 24.3 Å². The summed E-state index contributed by atoms with van der Waals surface area (Å²) in [6, 6.07) is 8.43. The maximum absolute atomic E-state index is 6.72. The van der Waals surface area contributed by atoms with E-state index in [0.29, 0.717) is 5.92 Å². The number of nitrogens with two attached hydrogens (primary N) is 1. The van der Waals surface area contributed by atoms with Gasteiger partial charge in [0.15, 0.2) is 0 Å². The molecule has 106 valence electrons. The van der Waals surface area contributed by atoms with E-state index in [9.17, 15) is 0 Å². The molecule has 2 N–H and O–H groups in total. The molecule has 1 aromatic rings. The van der Waals surface area contributed by atoms with Gasteiger partial charge in [0.25, 0.3) is 0 Å². The molecule has 0 bridgehead atoms. The van der Waals surface area contributed by atoms with Crippen LogP contribution in [0.2, 0.25) is 0 Å². The first-order valence-corrected chi connectivity index (χ1v) is 7.58. The smallest absolute Gasteiger partial charge is 0.119 e. The van der Waals surface area contributed by atoms with Gasteiger partial charge in [-0.05, 0) is 48.8 Å². The zero-order chi connectivity index (χ0) is 13.9. The fourth-order valence-electron chi connectivity index (χ4n) is 3.16. The molecule has 3 atom stereocenters. The normalized spacial score (nSPS) is 31.2. The third-order valence-corrected chi connectivity index (χ3v) is 4.52. The van der Waals surface area contributed by atoms with Crippen molar-refractivity contribution in [2.75, 3.05) is 6.61 Å². The van der Waals surface area contributed by atoms with Crippen molar-refractivity contribution in [1.82, 2.24) is 0 Å². The van der Waals surface area contributed by atoms with E-state index in [1.54, 1.807) is 0 Å². The van der Waals surface area contributed by atoms with Gasteiger partial charge in [-0.25, -0.2) is 0 Å². The lowest BCUT2D eigenvalue weighted by atomic mass is 9.67. The maximum atomic E-state index is 6.72. The second-order valence-corrected chi connectivity index (χ2v) is 6.20. The van der Waals surface area contributed by atoms with Gasteiger partial charge in [-0.3, -0.25) is 0 Å². The quantitative estimate of drug-likeness (QED) is 0.886. The standard InChI is InChI=1S/C17H27NO/c1-4-11-19-16-9-7-15(8-10-16)17(18)12-13(2)5-6-14(17)3/h7-10,13-14H,4-6,11-12,18H2,1-3H3. The van der Waals surface area contributed by atoms with Gasteiger partial charge >= 0.3 is 0 Å². The van der Waals surface area contributed by atoms with Gasteiger partial charge in [0, 0.05) is 5.54 Å². The SMILES string of the molecule is CCCOc1ccc(C2(N)CC(C)CCC2C)cc1. The van der Waals surface area contributed by atoms with Gasteiger partial charge in [-0.1, -0.05) is 39.3 Å². The molecule has 1 fully saturated rings. The summed E-state index contributed by atoms with van der Waals surface area (Å²) in [5, 5.41) is 0. The molecule has 1 aliphatic rings. The predicted molar refractivity (Wildman–Crippen MR) is 80.3 cm³/mol. The molecule has 3 unspecified atom stereocenters. The summed E-state index contributed by atoms with van der Waals surface area (Å²) in [7, 11) is 0. The average Bonchev–Trinajstić information content (AvgIpc) is 2.41. The molecule has 2 nitrogen and oxygen atoms in total. The Morgan fingerprint density at radius 1 is 1.21 bits per heavy atom. The van der Waals surface area contributed by atoms with E-state index in [0.717, 1.165) is 31.1 Å². The van der Waals surface area contributed by atoms with Crippen LogP contribution in [0.5, 0.6) is 5.75 Å². The number of ether oxygens (including phenoxy) is 1. The Labute approximate surface area is 117 Å². The highest BCUT2D eigenvalue weighted by Gasteiger charge is 2.38. The minimum absolute atomic E-state index is 0.166. The number of benzene rings is 1. The first-order chi connectivity index (χ1) is 9.06. The average molecular weight is 261 g/mol. The van der Waals surface area contributed by atoms with Crippen LogP contribution < -0.4 is 10.5 Å². The summed E-state index contributed by atoms with van der Waals surface area (Å²) < 4.78 is 5.64. The lowest BCUT2D eigenvalue weighted by Crippen LogP contribution is -2.47. The summed E-state index contributed by atoms with van der Waals surface area (Å²) in [6.07, 6.45) is 4.66. The van der Waals surface area contributed by atoms with Crippen LogP contribution in [0.4, 0.5) is 0 Å². The van der Waals surface area contributed by atoms with Gasteiger partial charge < -0.3 is 10.5 Å². The van der Waals surface area contributed by atoms with Crippen LogP contribution in [0.3, 0.4) is 0 Å². The summed E-state index contributed by atoms with van der Waals surface area (Å²) in [5.74, 6) is 2.22. The van der Waals surface area contributed by atoms with Crippen molar-refractivity contribution in [3.05, 3.63) is 29.8 Å². The summed E-state index contributed by atoms with van der Waals surface area (Å²) in [6.45, 7) is 7.49. The van der Waals surface area contributed by atoms with E-state index in [4.69, 9.17) is 10.5 Å². The summed E-state index contributed by atoms with van der Waals surface area (Å²) >= 11 is 0. The molecular weight excluding hydrogens is 234 g/mol. The predicted octanol–water partition coefficient (Wildman–Crippen LogP) is 4.09. The van der Waals surface area contributed by atoms with Crippen molar-refractivity contribution in [3.63, 3.8) is 0 Å². The monoisotopic (exact) mass is 261 g/mol. The van der Waals surface area contributed by atoms with Gasteiger partial charge in [0.1, 0.15) is 5.75 Å². The molecule has 1 aliphatic carbocycles. The van der Waals surface area contributed by atoms with Gasteiger partial charge in [-0.15, -0.1) is 0 Å². The fraction of sp³-hybridized carbons (Fsp3) is 0.647. The van der Waals surface area contributed by atoms with E-state index in [2.05, 4.69) is 45.0 Å². The molecule has 2 heteroatoms. The summed E-state index contributed by atoms with van der Waals surface area (Å²) in [4.78, 5) is 0. The molecule has 0 aromatic heterocycles. The van der Waals surface area contributed by atoms with Crippen LogP contribution in [0.25, 0.3) is 0 Å². The maximum Gasteiger partial charge on any atom is 0.119 e. The zero-order valence-electron chi connectivity index (χ0n) is 12.5. The highest BCUT2D eigenvalue weighted by molar-refractivity contribution is 5.32. The van der Waals surface area contributed by atoms with Crippen molar-refractivity contribution in [2.24, 2.45) is 17.6 Å². The van der Waals surface area contributed by atoms with Crippen molar-refractivity contribution >= 4 is 0 Å². The van der Waals surface area contributed by atoms with Crippen LogP contribution in [-0.4, -0.2) is 6.61 Å². The third-order valence-electron chi connectivity index (χ3n) is 4.52. The number of hydrogen-bond acceptors (Lipinski definition) is 2. The van der Waals surface area contributed by atoms with E-state index in [-0.39, 0.29) is 5.54 Å². The molecule has 0 amide bonds. The number of hydrogen-bond donors (Lipinski definition) is 1. The van der Waals surface area contributed by atoms with Crippen molar-refractivity contribution in [1.29, 1.82) is 0 Å². The Hall–Kier alpha value is -1.02.